The molecule has 0 bridgehead atoms. The fourth-order valence-electron chi connectivity index (χ4n) is 2.81. The number of aryl methyl sites for hydroxylation is 2. The van der Waals surface area contributed by atoms with Crippen LogP contribution in [0.5, 0.6) is 5.75 Å². The molecule has 0 aliphatic heterocycles. The zero-order valence-corrected chi connectivity index (χ0v) is 14.7. The van der Waals surface area contributed by atoms with Crippen molar-refractivity contribution in [3.63, 3.8) is 0 Å². The lowest BCUT2D eigenvalue weighted by Crippen LogP contribution is -2.19. The first-order chi connectivity index (χ1) is 11.3. The Balaban J connectivity index is 2.75. The average Bonchev–Trinajstić information content (AvgIpc) is 2.49. The summed E-state index contributed by atoms with van der Waals surface area (Å²) in [5, 5.41) is 0. The van der Waals surface area contributed by atoms with Crippen molar-refractivity contribution in [2.45, 2.75) is 40.7 Å². The van der Waals surface area contributed by atoms with Gasteiger partial charge in [0, 0.05) is 17.8 Å². The van der Waals surface area contributed by atoms with Gasteiger partial charge in [0.05, 0.1) is 5.69 Å². The monoisotopic (exact) mass is 327 g/mol. The highest BCUT2D eigenvalue weighted by Gasteiger charge is 2.21. The van der Waals surface area contributed by atoms with Crippen molar-refractivity contribution in [3.05, 3.63) is 46.8 Å². The summed E-state index contributed by atoms with van der Waals surface area (Å²) in [5.74, 6) is 0.829. The van der Waals surface area contributed by atoms with Gasteiger partial charge >= 0.3 is 6.09 Å². The third-order valence-corrected chi connectivity index (χ3v) is 3.86. The molecule has 0 saturated carbocycles. The van der Waals surface area contributed by atoms with Crippen LogP contribution in [0.25, 0.3) is 11.1 Å². The van der Waals surface area contributed by atoms with Crippen molar-refractivity contribution in [2.24, 2.45) is 17.4 Å². The average molecular weight is 327 g/mol. The summed E-state index contributed by atoms with van der Waals surface area (Å²) in [6, 6.07) is 8.02. The highest BCUT2D eigenvalue weighted by Crippen LogP contribution is 2.37. The number of amides is 1. The van der Waals surface area contributed by atoms with Gasteiger partial charge in [-0.25, -0.2) is 4.79 Å². The van der Waals surface area contributed by atoms with E-state index in [2.05, 4.69) is 18.8 Å². The predicted octanol–water partition coefficient (Wildman–Crippen LogP) is 3.48. The Bertz CT molecular complexity index is 737. The largest absolute Gasteiger partial charge is 0.410 e. The molecule has 0 saturated heterocycles. The van der Waals surface area contributed by atoms with Gasteiger partial charge in [0.1, 0.15) is 0 Å². The van der Waals surface area contributed by atoms with E-state index >= 15 is 0 Å². The molecule has 1 aromatic heterocycles. The molecule has 1 aromatic carbocycles. The SMILES string of the molecule is Cc1ccc(-c2c(CN)c(CC(C)C)nc(C)c2OC(N)=O)cc1. The maximum absolute atomic E-state index is 11.4. The smallest absolute Gasteiger partial charge is 0.408 e. The van der Waals surface area contributed by atoms with Gasteiger partial charge in [0.25, 0.3) is 0 Å². The minimum Gasteiger partial charge on any atom is -0.408 e. The third-order valence-electron chi connectivity index (χ3n) is 3.86. The number of carbonyl (C=O) groups is 1. The van der Waals surface area contributed by atoms with Gasteiger partial charge in [0.2, 0.25) is 0 Å². The number of nitrogens with zero attached hydrogens (tertiary/aromatic N) is 1. The number of rotatable bonds is 5. The molecule has 2 rings (SSSR count). The van der Waals surface area contributed by atoms with Gasteiger partial charge in [0.15, 0.2) is 5.75 Å². The van der Waals surface area contributed by atoms with E-state index in [1.807, 2.05) is 38.1 Å². The molecule has 0 unspecified atom stereocenters. The Morgan fingerprint density at radius 2 is 1.83 bits per heavy atom. The number of hydrogen-bond donors (Lipinski definition) is 2. The zero-order chi connectivity index (χ0) is 17.9. The first kappa shape index (κ1) is 17.9. The van der Waals surface area contributed by atoms with Crippen LogP contribution in [0.1, 0.15) is 36.4 Å². The molecule has 0 aliphatic carbocycles. The fourth-order valence-corrected chi connectivity index (χ4v) is 2.81. The number of nitrogens with two attached hydrogens (primary N) is 2. The summed E-state index contributed by atoms with van der Waals surface area (Å²) >= 11 is 0. The molecular weight excluding hydrogens is 302 g/mol. The molecular formula is C19H25N3O2. The lowest BCUT2D eigenvalue weighted by Gasteiger charge is -2.20. The molecule has 0 spiro atoms. The summed E-state index contributed by atoms with van der Waals surface area (Å²) in [5.41, 5.74) is 16.7. The van der Waals surface area contributed by atoms with E-state index in [1.54, 1.807) is 0 Å². The summed E-state index contributed by atoms with van der Waals surface area (Å²) in [7, 11) is 0. The Morgan fingerprint density at radius 3 is 2.33 bits per heavy atom. The van der Waals surface area contributed by atoms with Gasteiger partial charge < -0.3 is 16.2 Å². The normalized spacial score (nSPS) is 10.9. The number of pyridine rings is 1. The maximum atomic E-state index is 11.4. The summed E-state index contributed by atoms with van der Waals surface area (Å²) in [6.45, 7) is 8.43. The number of primary amides is 1. The van der Waals surface area contributed by atoms with Crippen LogP contribution >= 0.6 is 0 Å². The van der Waals surface area contributed by atoms with Crippen LogP contribution in [0.3, 0.4) is 0 Å². The number of carbonyl (C=O) groups excluding carboxylic acids is 1. The van der Waals surface area contributed by atoms with Gasteiger partial charge in [-0.1, -0.05) is 43.7 Å². The van der Waals surface area contributed by atoms with Crippen molar-refractivity contribution in [1.29, 1.82) is 0 Å². The molecule has 2 aromatic rings. The number of ether oxygens (including phenoxy) is 1. The third kappa shape index (κ3) is 3.92. The van der Waals surface area contributed by atoms with Crippen molar-refractivity contribution in [2.75, 3.05) is 0 Å². The van der Waals surface area contributed by atoms with Crippen molar-refractivity contribution in [3.8, 4) is 16.9 Å². The molecule has 5 nitrogen and oxygen atoms in total. The summed E-state index contributed by atoms with van der Waals surface area (Å²) in [4.78, 5) is 16.0. The van der Waals surface area contributed by atoms with Crippen LogP contribution in [-0.4, -0.2) is 11.1 Å². The molecule has 5 heteroatoms. The Hall–Kier alpha value is -2.40. The van der Waals surface area contributed by atoms with Crippen LogP contribution in [0.15, 0.2) is 24.3 Å². The predicted molar refractivity (Wildman–Crippen MR) is 95.8 cm³/mol. The van der Waals surface area contributed by atoms with E-state index in [0.717, 1.165) is 34.4 Å². The molecule has 0 aliphatic rings. The molecule has 0 fully saturated rings. The molecule has 1 heterocycles. The van der Waals surface area contributed by atoms with E-state index in [0.29, 0.717) is 23.9 Å². The van der Waals surface area contributed by atoms with E-state index in [9.17, 15) is 4.79 Å². The van der Waals surface area contributed by atoms with Crippen LogP contribution in [-0.2, 0) is 13.0 Å². The van der Waals surface area contributed by atoms with Crippen molar-refractivity contribution < 1.29 is 9.53 Å². The quantitative estimate of drug-likeness (QED) is 0.879. The van der Waals surface area contributed by atoms with Crippen LogP contribution < -0.4 is 16.2 Å². The molecule has 4 N–H and O–H groups in total. The summed E-state index contributed by atoms with van der Waals surface area (Å²) in [6.07, 6.45) is -0.0452. The van der Waals surface area contributed by atoms with E-state index in [-0.39, 0.29) is 0 Å². The Morgan fingerprint density at radius 1 is 1.21 bits per heavy atom. The topological polar surface area (TPSA) is 91.2 Å². The highest BCUT2D eigenvalue weighted by molar-refractivity contribution is 5.80. The minimum atomic E-state index is -0.854. The molecule has 0 atom stereocenters. The van der Waals surface area contributed by atoms with Crippen molar-refractivity contribution in [1.82, 2.24) is 4.98 Å². The van der Waals surface area contributed by atoms with E-state index in [4.69, 9.17) is 16.2 Å². The second-order valence-corrected chi connectivity index (χ2v) is 6.42. The molecule has 0 radical (unpaired) electrons. The zero-order valence-electron chi connectivity index (χ0n) is 14.7. The lowest BCUT2D eigenvalue weighted by molar-refractivity contribution is 0.210. The van der Waals surface area contributed by atoms with Gasteiger partial charge in [-0.2, -0.15) is 0 Å². The molecule has 24 heavy (non-hydrogen) atoms. The lowest BCUT2D eigenvalue weighted by atomic mass is 9.93. The number of hydrogen-bond acceptors (Lipinski definition) is 4. The van der Waals surface area contributed by atoms with E-state index < -0.39 is 6.09 Å². The van der Waals surface area contributed by atoms with Crippen molar-refractivity contribution >= 4 is 6.09 Å². The van der Waals surface area contributed by atoms with Crippen LogP contribution in [0, 0.1) is 19.8 Å². The second kappa shape index (κ2) is 7.45. The van der Waals surface area contributed by atoms with Gasteiger partial charge in [-0.05, 0) is 37.3 Å². The first-order valence-electron chi connectivity index (χ1n) is 8.10. The Labute approximate surface area is 143 Å². The first-order valence-corrected chi connectivity index (χ1v) is 8.10. The second-order valence-electron chi connectivity index (χ2n) is 6.42. The number of benzene rings is 1. The van der Waals surface area contributed by atoms with Gasteiger partial charge in [-0.3, -0.25) is 4.98 Å². The highest BCUT2D eigenvalue weighted by atomic mass is 16.5. The summed E-state index contributed by atoms with van der Waals surface area (Å²) < 4.78 is 5.28. The molecule has 1 amide bonds. The maximum Gasteiger partial charge on any atom is 0.410 e. The number of aromatic nitrogens is 1. The standard InChI is InChI=1S/C19H25N3O2/c1-11(2)9-16-15(10-20)17(14-7-5-12(3)6-8-14)18(13(4)22-16)24-19(21)23/h5-8,11H,9-10,20H2,1-4H3,(H2,21,23). The van der Waals surface area contributed by atoms with Crippen LogP contribution in [0.2, 0.25) is 0 Å². The minimum absolute atomic E-state index is 0.313. The fraction of sp³-hybridized carbons (Fsp3) is 0.368. The van der Waals surface area contributed by atoms with Crippen LogP contribution in [0.4, 0.5) is 4.79 Å². The van der Waals surface area contributed by atoms with Gasteiger partial charge in [-0.15, -0.1) is 0 Å². The molecule has 128 valence electrons. The Kier molecular flexibility index (Phi) is 5.57. The van der Waals surface area contributed by atoms with E-state index in [1.165, 1.54) is 0 Å².